The number of ether oxygens (including phenoxy) is 1. The molecule has 2 rings (SSSR count). The monoisotopic (exact) mass is 261 g/mol. The van der Waals surface area contributed by atoms with Crippen LogP contribution in [-0.4, -0.2) is 18.1 Å². The minimum absolute atomic E-state index is 0.0731. The second kappa shape index (κ2) is 5.78. The molecule has 0 aliphatic heterocycles. The summed E-state index contributed by atoms with van der Waals surface area (Å²) in [6.45, 7) is 4.91. The first-order valence-electron chi connectivity index (χ1n) is 5.74. The van der Waals surface area contributed by atoms with Crippen LogP contribution < -0.4 is 0 Å². The number of nitrogens with zero attached hydrogens (tertiary/aromatic N) is 1. The lowest BCUT2D eigenvalue weighted by Gasteiger charge is -2.17. The van der Waals surface area contributed by atoms with Crippen molar-refractivity contribution in [3.63, 3.8) is 0 Å². The van der Waals surface area contributed by atoms with Crippen LogP contribution in [0.15, 0.2) is 29.8 Å². The molecule has 0 saturated heterocycles. The predicted octanol–water partition coefficient (Wildman–Crippen LogP) is 3.06. The molecular formula is C14H15NO2S. The average molecular weight is 261 g/mol. The molecule has 0 spiro atoms. The van der Waals surface area contributed by atoms with Crippen molar-refractivity contribution in [2.75, 3.05) is 6.61 Å². The third kappa shape index (κ3) is 2.59. The molecule has 0 aliphatic carbocycles. The molecule has 0 fully saturated rings. The Hall–Kier alpha value is -1.68. The maximum absolute atomic E-state index is 10.4. The van der Waals surface area contributed by atoms with Gasteiger partial charge in [-0.25, -0.2) is 4.98 Å². The zero-order chi connectivity index (χ0) is 13.0. The summed E-state index contributed by atoms with van der Waals surface area (Å²) in [4.78, 5) is 15.9. The Kier molecular flexibility index (Phi) is 4.10. The van der Waals surface area contributed by atoms with Crippen LogP contribution in [0.4, 0.5) is 0 Å². The molecule has 1 heterocycles. The van der Waals surface area contributed by atoms with Gasteiger partial charge in [0.2, 0.25) is 0 Å². The van der Waals surface area contributed by atoms with Gasteiger partial charge in [0.25, 0.3) is 6.47 Å². The number of hydrogen-bond donors (Lipinski definition) is 0. The first-order valence-corrected chi connectivity index (χ1v) is 6.62. The van der Waals surface area contributed by atoms with Crippen LogP contribution >= 0.6 is 11.3 Å². The third-order valence-electron chi connectivity index (χ3n) is 2.99. The molecule has 1 unspecified atom stereocenters. The van der Waals surface area contributed by atoms with Crippen molar-refractivity contribution in [1.29, 1.82) is 0 Å². The van der Waals surface area contributed by atoms with Crippen molar-refractivity contribution in [2.45, 2.75) is 19.8 Å². The van der Waals surface area contributed by atoms with E-state index in [1.807, 2.05) is 24.6 Å². The second-order valence-corrected chi connectivity index (χ2v) is 5.03. The molecule has 94 valence electrons. The van der Waals surface area contributed by atoms with Crippen molar-refractivity contribution < 1.29 is 9.53 Å². The summed E-state index contributed by atoms with van der Waals surface area (Å²) in [5.41, 5.74) is 5.22. The maximum atomic E-state index is 10.4. The Morgan fingerprint density at radius 3 is 2.78 bits per heavy atom. The van der Waals surface area contributed by atoms with E-state index in [-0.39, 0.29) is 5.92 Å². The normalized spacial score (nSPS) is 12.1. The number of aryl methyl sites for hydroxylation is 2. The van der Waals surface area contributed by atoms with Crippen LogP contribution in [-0.2, 0) is 9.53 Å². The van der Waals surface area contributed by atoms with Crippen molar-refractivity contribution in [3.05, 3.63) is 51.5 Å². The van der Waals surface area contributed by atoms with Gasteiger partial charge in [-0.1, -0.05) is 24.3 Å². The standard InChI is InChI=1S/C14H15NO2S/c1-10-5-3-4-6-12(10)13(7-17-9-16)14-11(2)15-8-18-14/h3-6,8-9,13H,7H2,1-2H3. The number of thiazole rings is 1. The molecule has 0 radical (unpaired) electrons. The summed E-state index contributed by atoms with van der Waals surface area (Å²) in [7, 11) is 0. The van der Waals surface area contributed by atoms with E-state index in [0.29, 0.717) is 13.1 Å². The van der Waals surface area contributed by atoms with Gasteiger partial charge in [-0.15, -0.1) is 11.3 Å². The Bertz CT molecular complexity index is 536. The zero-order valence-corrected chi connectivity index (χ0v) is 11.2. The van der Waals surface area contributed by atoms with Gasteiger partial charge in [0.1, 0.15) is 6.61 Å². The van der Waals surface area contributed by atoms with E-state index in [1.165, 1.54) is 11.1 Å². The highest BCUT2D eigenvalue weighted by atomic mass is 32.1. The molecule has 1 aromatic heterocycles. The van der Waals surface area contributed by atoms with Crippen molar-refractivity contribution in [1.82, 2.24) is 4.98 Å². The molecule has 4 heteroatoms. The highest BCUT2D eigenvalue weighted by Gasteiger charge is 2.20. The van der Waals surface area contributed by atoms with Gasteiger partial charge >= 0.3 is 0 Å². The van der Waals surface area contributed by atoms with E-state index in [1.54, 1.807) is 11.3 Å². The molecule has 18 heavy (non-hydrogen) atoms. The highest BCUT2D eigenvalue weighted by Crippen LogP contribution is 2.31. The quantitative estimate of drug-likeness (QED) is 0.776. The maximum Gasteiger partial charge on any atom is 0.293 e. The third-order valence-corrected chi connectivity index (χ3v) is 4.04. The SMILES string of the molecule is Cc1ccccc1C(COC=O)c1scnc1C. The van der Waals surface area contributed by atoms with E-state index in [4.69, 9.17) is 4.74 Å². The second-order valence-electron chi connectivity index (χ2n) is 4.14. The van der Waals surface area contributed by atoms with Crippen LogP contribution in [0.5, 0.6) is 0 Å². The summed E-state index contributed by atoms with van der Waals surface area (Å²) >= 11 is 1.60. The van der Waals surface area contributed by atoms with Crippen LogP contribution in [0.2, 0.25) is 0 Å². The van der Waals surface area contributed by atoms with E-state index >= 15 is 0 Å². The summed E-state index contributed by atoms with van der Waals surface area (Å²) in [6, 6.07) is 8.16. The molecule has 0 bridgehead atoms. The molecule has 0 amide bonds. The summed E-state index contributed by atoms with van der Waals surface area (Å²) in [5.74, 6) is 0.0731. The number of rotatable bonds is 5. The minimum atomic E-state index is 0.0731. The lowest BCUT2D eigenvalue weighted by molar-refractivity contribution is -0.128. The van der Waals surface area contributed by atoms with Crippen molar-refractivity contribution >= 4 is 17.8 Å². The van der Waals surface area contributed by atoms with Gasteiger partial charge in [0.05, 0.1) is 17.1 Å². The molecule has 1 atom stereocenters. The Morgan fingerprint density at radius 2 is 2.17 bits per heavy atom. The van der Waals surface area contributed by atoms with Gasteiger partial charge in [0.15, 0.2) is 0 Å². The van der Waals surface area contributed by atoms with E-state index in [0.717, 1.165) is 10.6 Å². The molecule has 0 saturated carbocycles. The number of carbonyl (C=O) groups is 1. The fourth-order valence-corrected chi connectivity index (χ4v) is 2.97. The summed E-state index contributed by atoms with van der Waals surface area (Å²) in [5, 5.41) is 0. The van der Waals surface area contributed by atoms with Gasteiger partial charge in [-0.05, 0) is 25.0 Å². The fourth-order valence-electron chi connectivity index (χ4n) is 2.07. The van der Waals surface area contributed by atoms with Crippen molar-refractivity contribution in [2.24, 2.45) is 0 Å². The lowest BCUT2D eigenvalue weighted by Crippen LogP contribution is -2.10. The highest BCUT2D eigenvalue weighted by molar-refractivity contribution is 7.09. The van der Waals surface area contributed by atoms with Crippen molar-refractivity contribution in [3.8, 4) is 0 Å². The summed E-state index contributed by atoms with van der Waals surface area (Å²) < 4.78 is 4.98. The molecular weight excluding hydrogens is 246 g/mol. The lowest BCUT2D eigenvalue weighted by atomic mass is 9.93. The molecule has 2 aromatic rings. The van der Waals surface area contributed by atoms with Gasteiger partial charge in [-0.3, -0.25) is 4.79 Å². The first kappa shape index (κ1) is 12.8. The van der Waals surface area contributed by atoms with Crippen LogP contribution in [0.25, 0.3) is 0 Å². The zero-order valence-electron chi connectivity index (χ0n) is 10.4. The smallest absolute Gasteiger partial charge is 0.293 e. The van der Waals surface area contributed by atoms with Gasteiger partial charge in [0, 0.05) is 4.88 Å². The molecule has 1 aromatic carbocycles. The number of hydrogen-bond acceptors (Lipinski definition) is 4. The van der Waals surface area contributed by atoms with E-state index < -0.39 is 0 Å². The Balaban J connectivity index is 2.40. The van der Waals surface area contributed by atoms with Gasteiger partial charge < -0.3 is 4.74 Å². The Labute approximate surface area is 110 Å². The molecule has 0 aliphatic rings. The molecule has 3 nitrogen and oxygen atoms in total. The number of benzene rings is 1. The minimum Gasteiger partial charge on any atom is -0.467 e. The molecule has 0 N–H and O–H groups in total. The fraction of sp³-hybridized carbons (Fsp3) is 0.286. The van der Waals surface area contributed by atoms with Crippen LogP contribution in [0, 0.1) is 13.8 Å². The van der Waals surface area contributed by atoms with E-state index in [2.05, 4.69) is 24.0 Å². The average Bonchev–Trinajstić information content (AvgIpc) is 2.78. The largest absolute Gasteiger partial charge is 0.467 e. The number of carbonyl (C=O) groups excluding carboxylic acids is 1. The van der Waals surface area contributed by atoms with Gasteiger partial charge in [-0.2, -0.15) is 0 Å². The van der Waals surface area contributed by atoms with Crippen LogP contribution in [0.1, 0.15) is 27.6 Å². The summed E-state index contributed by atoms with van der Waals surface area (Å²) in [6.07, 6.45) is 0. The predicted molar refractivity (Wildman–Crippen MR) is 71.9 cm³/mol. The first-order chi connectivity index (χ1) is 8.74. The van der Waals surface area contributed by atoms with E-state index in [9.17, 15) is 4.79 Å². The number of aromatic nitrogens is 1. The Morgan fingerprint density at radius 1 is 1.39 bits per heavy atom. The van der Waals surface area contributed by atoms with Crippen LogP contribution in [0.3, 0.4) is 0 Å². The topological polar surface area (TPSA) is 39.2 Å².